The highest BCUT2D eigenvalue weighted by Gasteiger charge is 2.19. The minimum atomic E-state index is -0.112. The maximum atomic E-state index is 13.2. The van der Waals surface area contributed by atoms with Crippen LogP contribution < -0.4 is 5.32 Å². The monoisotopic (exact) mass is 207 g/mol. The first-order chi connectivity index (χ1) is 7.31. The summed E-state index contributed by atoms with van der Waals surface area (Å²) in [5.74, 6) is -0.112. The minimum absolute atomic E-state index is 0.112. The molecule has 1 atom stereocenters. The third kappa shape index (κ3) is 2.37. The zero-order valence-electron chi connectivity index (χ0n) is 9.22. The molecule has 2 rings (SSSR count). The fourth-order valence-electron chi connectivity index (χ4n) is 2.30. The van der Waals surface area contributed by atoms with Crippen LogP contribution in [0.5, 0.6) is 0 Å². The number of aryl methyl sites for hydroxylation is 1. The third-order valence-electron chi connectivity index (χ3n) is 3.06. The van der Waals surface area contributed by atoms with Gasteiger partial charge in [0.25, 0.3) is 0 Å². The SMILES string of the molecule is CCCNC1CCCc2ccc(F)cc21. The van der Waals surface area contributed by atoms with E-state index < -0.39 is 0 Å². The second-order valence-electron chi connectivity index (χ2n) is 4.24. The Morgan fingerprint density at radius 3 is 3.13 bits per heavy atom. The first kappa shape index (κ1) is 10.6. The summed E-state index contributed by atoms with van der Waals surface area (Å²) in [6.45, 7) is 3.17. The highest BCUT2D eigenvalue weighted by molar-refractivity contribution is 5.32. The van der Waals surface area contributed by atoms with Gasteiger partial charge in [-0.3, -0.25) is 0 Å². The molecule has 0 aliphatic heterocycles. The second-order valence-corrected chi connectivity index (χ2v) is 4.24. The Morgan fingerprint density at radius 2 is 2.33 bits per heavy atom. The van der Waals surface area contributed by atoms with Crippen molar-refractivity contribution >= 4 is 0 Å². The van der Waals surface area contributed by atoms with Crippen LogP contribution in [0.3, 0.4) is 0 Å². The van der Waals surface area contributed by atoms with Gasteiger partial charge in [0, 0.05) is 6.04 Å². The molecule has 1 nitrogen and oxygen atoms in total. The zero-order chi connectivity index (χ0) is 10.7. The lowest BCUT2D eigenvalue weighted by molar-refractivity contribution is 0.457. The summed E-state index contributed by atoms with van der Waals surface area (Å²) in [6, 6.07) is 5.57. The summed E-state index contributed by atoms with van der Waals surface area (Å²) in [5.41, 5.74) is 2.49. The van der Waals surface area contributed by atoms with Gasteiger partial charge in [-0.2, -0.15) is 0 Å². The van der Waals surface area contributed by atoms with Gasteiger partial charge in [-0.1, -0.05) is 13.0 Å². The van der Waals surface area contributed by atoms with Crippen LogP contribution in [-0.2, 0) is 6.42 Å². The molecule has 1 aliphatic carbocycles. The van der Waals surface area contributed by atoms with Crippen molar-refractivity contribution < 1.29 is 4.39 Å². The number of hydrogen-bond acceptors (Lipinski definition) is 1. The van der Waals surface area contributed by atoms with Crippen LogP contribution in [0.15, 0.2) is 18.2 Å². The van der Waals surface area contributed by atoms with Gasteiger partial charge in [-0.15, -0.1) is 0 Å². The summed E-state index contributed by atoms with van der Waals surface area (Å²) >= 11 is 0. The van der Waals surface area contributed by atoms with Gasteiger partial charge in [0.1, 0.15) is 5.82 Å². The second kappa shape index (κ2) is 4.75. The number of halogens is 1. The van der Waals surface area contributed by atoms with E-state index >= 15 is 0 Å². The third-order valence-corrected chi connectivity index (χ3v) is 3.06. The highest BCUT2D eigenvalue weighted by atomic mass is 19.1. The lowest BCUT2D eigenvalue weighted by Crippen LogP contribution is -2.25. The van der Waals surface area contributed by atoms with E-state index in [0.717, 1.165) is 25.8 Å². The maximum absolute atomic E-state index is 13.2. The van der Waals surface area contributed by atoms with Gasteiger partial charge in [-0.05, 0) is 55.5 Å². The van der Waals surface area contributed by atoms with Crippen LogP contribution in [0.25, 0.3) is 0 Å². The summed E-state index contributed by atoms with van der Waals surface area (Å²) in [6.07, 6.45) is 4.57. The molecule has 0 fully saturated rings. The van der Waals surface area contributed by atoms with E-state index in [0.29, 0.717) is 6.04 Å². The highest BCUT2D eigenvalue weighted by Crippen LogP contribution is 2.30. The van der Waals surface area contributed by atoms with E-state index in [1.54, 1.807) is 12.1 Å². The molecule has 0 aromatic heterocycles. The van der Waals surface area contributed by atoms with E-state index in [1.165, 1.54) is 17.5 Å². The van der Waals surface area contributed by atoms with Gasteiger partial charge in [0.2, 0.25) is 0 Å². The van der Waals surface area contributed by atoms with E-state index in [-0.39, 0.29) is 5.82 Å². The largest absolute Gasteiger partial charge is 0.310 e. The van der Waals surface area contributed by atoms with Crippen molar-refractivity contribution in [3.8, 4) is 0 Å². The Hall–Kier alpha value is -0.890. The van der Waals surface area contributed by atoms with Crippen molar-refractivity contribution in [3.63, 3.8) is 0 Å². The lowest BCUT2D eigenvalue weighted by atomic mass is 9.87. The molecule has 1 aromatic rings. The quantitative estimate of drug-likeness (QED) is 0.802. The normalized spacial score (nSPS) is 20.0. The van der Waals surface area contributed by atoms with Crippen molar-refractivity contribution in [2.75, 3.05) is 6.54 Å². The standard InChI is InChI=1S/C13H18FN/c1-2-8-15-13-5-3-4-10-6-7-11(14)9-12(10)13/h6-7,9,13,15H,2-5,8H2,1H3. The average molecular weight is 207 g/mol. The molecule has 0 saturated heterocycles. The number of fused-ring (bicyclic) bond motifs is 1. The molecule has 0 spiro atoms. The van der Waals surface area contributed by atoms with Crippen LogP contribution in [0, 0.1) is 5.82 Å². The van der Waals surface area contributed by atoms with E-state index in [1.807, 2.05) is 6.07 Å². The smallest absolute Gasteiger partial charge is 0.123 e. The molecule has 0 radical (unpaired) electrons. The van der Waals surface area contributed by atoms with E-state index in [4.69, 9.17) is 0 Å². The van der Waals surface area contributed by atoms with Crippen LogP contribution in [0.2, 0.25) is 0 Å². The minimum Gasteiger partial charge on any atom is -0.310 e. The van der Waals surface area contributed by atoms with Crippen molar-refractivity contribution in [1.82, 2.24) is 5.32 Å². The Morgan fingerprint density at radius 1 is 1.47 bits per heavy atom. The summed E-state index contributed by atoms with van der Waals surface area (Å²) < 4.78 is 13.2. The molecule has 0 saturated carbocycles. The summed E-state index contributed by atoms with van der Waals surface area (Å²) in [4.78, 5) is 0. The number of hydrogen-bond donors (Lipinski definition) is 1. The van der Waals surface area contributed by atoms with Crippen molar-refractivity contribution in [3.05, 3.63) is 35.1 Å². The number of rotatable bonds is 3. The number of nitrogens with one attached hydrogen (secondary N) is 1. The van der Waals surface area contributed by atoms with Crippen LogP contribution in [0.4, 0.5) is 4.39 Å². The van der Waals surface area contributed by atoms with Crippen molar-refractivity contribution in [2.24, 2.45) is 0 Å². The molecule has 2 heteroatoms. The van der Waals surface area contributed by atoms with Crippen LogP contribution >= 0.6 is 0 Å². The predicted octanol–water partition coefficient (Wildman–Crippen LogP) is 3.20. The molecular weight excluding hydrogens is 189 g/mol. The predicted molar refractivity (Wildman–Crippen MR) is 60.4 cm³/mol. The van der Waals surface area contributed by atoms with E-state index in [9.17, 15) is 4.39 Å². The van der Waals surface area contributed by atoms with Crippen molar-refractivity contribution in [2.45, 2.75) is 38.6 Å². The molecule has 15 heavy (non-hydrogen) atoms. The van der Waals surface area contributed by atoms with Crippen LogP contribution in [-0.4, -0.2) is 6.54 Å². The van der Waals surface area contributed by atoms with Crippen LogP contribution in [0.1, 0.15) is 43.4 Å². The zero-order valence-corrected chi connectivity index (χ0v) is 9.22. The molecule has 1 aromatic carbocycles. The lowest BCUT2D eigenvalue weighted by Gasteiger charge is -2.26. The Balaban J connectivity index is 2.20. The van der Waals surface area contributed by atoms with Gasteiger partial charge in [-0.25, -0.2) is 4.39 Å². The average Bonchev–Trinajstić information content (AvgIpc) is 2.26. The number of benzene rings is 1. The first-order valence-corrected chi connectivity index (χ1v) is 5.83. The Bertz CT molecular complexity index is 335. The topological polar surface area (TPSA) is 12.0 Å². The molecule has 1 unspecified atom stereocenters. The maximum Gasteiger partial charge on any atom is 0.123 e. The van der Waals surface area contributed by atoms with Gasteiger partial charge < -0.3 is 5.32 Å². The molecular formula is C13H18FN. The molecule has 0 amide bonds. The van der Waals surface area contributed by atoms with Gasteiger partial charge in [0.15, 0.2) is 0 Å². The Labute approximate surface area is 90.7 Å². The molecule has 82 valence electrons. The van der Waals surface area contributed by atoms with Crippen molar-refractivity contribution in [1.29, 1.82) is 0 Å². The van der Waals surface area contributed by atoms with Gasteiger partial charge >= 0.3 is 0 Å². The molecule has 1 aliphatic rings. The first-order valence-electron chi connectivity index (χ1n) is 5.83. The fraction of sp³-hybridized carbons (Fsp3) is 0.538. The fourth-order valence-corrected chi connectivity index (χ4v) is 2.30. The molecule has 1 N–H and O–H groups in total. The molecule has 0 heterocycles. The summed E-state index contributed by atoms with van der Waals surface area (Å²) in [7, 11) is 0. The van der Waals surface area contributed by atoms with E-state index in [2.05, 4.69) is 12.2 Å². The summed E-state index contributed by atoms with van der Waals surface area (Å²) in [5, 5.41) is 3.49. The van der Waals surface area contributed by atoms with Gasteiger partial charge in [0.05, 0.1) is 0 Å². The molecule has 0 bridgehead atoms. The Kier molecular flexibility index (Phi) is 3.37.